The van der Waals surface area contributed by atoms with Gasteiger partial charge in [-0.1, -0.05) is 19.1 Å². The minimum Gasteiger partial charge on any atom is -0.379 e. The number of imidazole rings is 2. The van der Waals surface area contributed by atoms with Crippen molar-refractivity contribution in [2.45, 2.75) is 49.9 Å². The molecule has 4 aromatic heterocycles. The first-order chi connectivity index (χ1) is 23.8. The van der Waals surface area contributed by atoms with Crippen LogP contribution in [0.5, 0.6) is 0 Å². The molecule has 0 radical (unpaired) electrons. The van der Waals surface area contributed by atoms with Gasteiger partial charge in [0, 0.05) is 27.1 Å². The summed E-state index contributed by atoms with van der Waals surface area (Å²) in [5.41, 5.74) is 1.99. The van der Waals surface area contributed by atoms with Gasteiger partial charge in [0.2, 0.25) is 12.2 Å². The number of fused-ring (bicyclic) bond motifs is 1. The van der Waals surface area contributed by atoms with Crippen molar-refractivity contribution < 1.29 is 33.4 Å². The molecular formula is C29H45N11O8S. The number of carbonyl (C=O) groups is 1. The normalized spacial score (nSPS) is 11.2. The summed E-state index contributed by atoms with van der Waals surface area (Å²) in [5.74, 6) is 0.424. The Morgan fingerprint density at radius 2 is 1.63 bits per heavy atom. The molecule has 1 amide bonds. The molecule has 49 heavy (non-hydrogen) atoms. The van der Waals surface area contributed by atoms with Gasteiger partial charge >= 0.3 is 5.82 Å². The SMILES string of the molecule is CNC(=O)CCOCCOCCOCCOCCOCc1cn(CCC(C)C)nn1.Cn1cnc([N+](=O)[O-])c1Sc1ncnc2nc[nH]c12. The van der Waals surface area contributed by atoms with E-state index in [1.165, 1.54) is 19.0 Å². The summed E-state index contributed by atoms with van der Waals surface area (Å²) in [6, 6.07) is 0. The maximum Gasteiger partial charge on any atom is 0.396 e. The summed E-state index contributed by atoms with van der Waals surface area (Å²) in [5, 5.41) is 22.6. The van der Waals surface area contributed by atoms with Gasteiger partial charge in [-0.2, -0.15) is 0 Å². The molecule has 0 spiro atoms. The molecular weight excluding hydrogens is 662 g/mol. The van der Waals surface area contributed by atoms with E-state index in [1.807, 2.05) is 10.9 Å². The van der Waals surface area contributed by atoms with Gasteiger partial charge in [-0.15, -0.1) is 5.10 Å². The quantitative estimate of drug-likeness (QED) is 0.0488. The molecule has 0 unspecified atom stereocenters. The number of hydrogen-bond acceptors (Lipinski definition) is 15. The highest BCUT2D eigenvalue weighted by atomic mass is 32.2. The molecule has 4 heterocycles. The standard InChI is InChI=1S/C20H38N4O6.C9H7N7O2S/c1-18(2)4-6-24-16-19(22-23-24)17-30-15-14-29-13-12-28-11-10-27-9-8-26-7-5-20(25)21-3;1-15-4-14-7(16(17)18)9(15)19-8-5-6(11-2-10-5)12-3-13-8/h16,18H,4-15,17H2,1-3H3,(H,21,25);2-4H,1H3,(H,10,11,12,13). The topological polar surface area (TPSA) is 221 Å². The molecule has 2 N–H and O–H groups in total. The maximum absolute atomic E-state index is 11.0. The fourth-order valence-electron chi connectivity index (χ4n) is 3.81. The van der Waals surface area contributed by atoms with Crippen LogP contribution in [0.25, 0.3) is 11.2 Å². The second-order valence-electron chi connectivity index (χ2n) is 10.7. The van der Waals surface area contributed by atoms with Crippen molar-refractivity contribution in [3.05, 3.63) is 41.0 Å². The number of rotatable bonds is 23. The molecule has 0 saturated carbocycles. The monoisotopic (exact) mass is 707 g/mol. The van der Waals surface area contributed by atoms with E-state index in [-0.39, 0.29) is 11.7 Å². The van der Waals surface area contributed by atoms with Crippen LogP contribution in [0.2, 0.25) is 0 Å². The number of aryl methyl sites for hydroxylation is 2. The lowest BCUT2D eigenvalue weighted by Crippen LogP contribution is -2.20. The Hall–Kier alpha value is -4.08. The second-order valence-corrected chi connectivity index (χ2v) is 11.7. The molecule has 20 heteroatoms. The van der Waals surface area contributed by atoms with Crippen molar-refractivity contribution in [1.29, 1.82) is 0 Å². The molecule has 0 saturated heterocycles. The number of amides is 1. The Labute approximate surface area is 288 Å². The molecule has 0 aliphatic carbocycles. The van der Waals surface area contributed by atoms with Gasteiger partial charge in [0.1, 0.15) is 22.6 Å². The predicted molar refractivity (Wildman–Crippen MR) is 177 cm³/mol. The van der Waals surface area contributed by atoms with Crippen molar-refractivity contribution in [2.24, 2.45) is 13.0 Å². The zero-order valence-corrected chi connectivity index (χ0v) is 29.1. The first-order valence-electron chi connectivity index (χ1n) is 15.7. The summed E-state index contributed by atoms with van der Waals surface area (Å²) in [7, 11) is 3.29. The van der Waals surface area contributed by atoms with Crippen LogP contribution in [0.3, 0.4) is 0 Å². The highest BCUT2D eigenvalue weighted by Gasteiger charge is 2.23. The van der Waals surface area contributed by atoms with Crippen molar-refractivity contribution in [1.82, 2.24) is 49.8 Å². The van der Waals surface area contributed by atoms with Crippen molar-refractivity contribution in [3.8, 4) is 0 Å². The van der Waals surface area contributed by atoms with E-state index in [2.05, 4.69) is 54.4 Å². The summed E-state index contributed by atoms with van der Waals surface area (Å²) >= 11 is 1.15. The van der Waals surface area contributed by atoms with Crippen LogP contribution in [0.15, 0.2) is 35.2 Å². The van der Waals surface area contributed by atoms with Crippen LogP contribution in [0.4, 0.5) is 5.82 Å². The molecule has 0 aliphatic rings. The first-order valence-corrected chi connectivity index (χ1v) is 16.6. The van der Waals surface area contributed by atoms with Gasteiger partial charge < -0.3 is 48.7 Å². The minimum absolute atomic E-state index is 0.0281. The molecule has 4 aromatic rings. The molecule has 0 aliphatic heterocycles. The van der Waals surface area contributed by atoms with Crippen molar-refractivity contribution in [3.63, 3.8) is 0 Å². The molecule has 0 fully saturated rings. The van der Waals surface area contributed by atoms with Gasteiger partial charge in [-0.25, -0.2) is 15.0 Å². The highest BCUT2D eigenvalue weighted by molar-refractivity contribution is 7.99. The van der Waals surface area contributed by atoms with E-state index in [0.717, 1.165) is 30.4 Å². The van der Waals surface area contributed by atoms with E-state index in [9.17, 15) is 14.9 Å². The summed E-state index contributed by atoms with van der Waals surface area (Å²) in [4.78, 5) is 40.1. The van der Waals surface area contributed by atoms with Crippen LogP contribution >= 0.6 is 11.8 Å². The second kappa shape index (κ2) is 22.5. The number of carbonyl (C=O) groups excluding carboxylic acids is 1. The van der Waals surface area contributed by atoms with Crippen LogP contribution < -0.4 is 5.32 Å². The maximum atomic E-state index is 11.0. The smallest absolute Gasteiger partial charge is 0.379 e. The zero-order chi connectivity index (χ0) is 35.3. The van der Waals surface area contributed by atoms with Gasteiger partial charge in [0.05, 0.1) is 78.6 Å². The molecule has 270 valence electrons. The molecule has 0 aromatic carbocycles. The Morgan fingerprint density at radius 3 is 2.27 bits per heavy atom. The van der Waals surface area contributed by atoms with Gasteiger partial charge in [0.25, 0.3) is 0 Å². The van der Waals surface area contributed by atoms with Crippen LogP contribution in [0.1, 0.15) is 32.4 Å². The number of H-pyrrole nitrogens is 1. The Kier molecular flexibility index (Phi) is 18.1. The van der Waals surface area contributed by atoms with Crippen LogP contribution in [-0.2, 0) is 48.7 Å². The van der Waals surface area contributed by atoms with Gasteiger partial charge in [-0.05, 0) is 34.0 Å². The summed E-state index contributed by atoms with van der Waals surface area (Å²) in [6.45, 7) is 10.1. The molecule has 4 rings (SSSR count). The van der Waals surface area contributed by atoms with E-state index in [1.54, 1.807) is 18.7 Å². The molecule has 0 atom stereocenters. The number of ether oxygens (including phenoxy) is 5. The highest BCUT2D eigenvalue weighted by Crippen LogP contribution is 2.34. The van der Waals surface area contributed by atoms with Crippen LogP contribution in [0, 0.1) is 16.0 Å². The molecule has 0 bridgehead atoms. The van der Waals surface area contributed by atoms with E-state index >= 15 is 0 Å². The largest absolute Gasteiger partial charge is 0.396 e. The lowest BCUT2D eigenvalue weighted by atomic mass is 10.1. The van der Waals surface area contributed by atoms with Crippen molar-refractivity contribution >= 4 is 34.7 Å². The average Bonchev–Trinajstić information content (AvgIpc) is 3.84. The Morgan fingerprint density at radius 1 is 0.980 bits per heavy atom. The summed E-state index contributed by atoms with van der Waals surface area (Å²) < 4.78 is 30.5. The minimum atomic E-state index is -0.520. The van der Waals surface area contributed by atoms with Gasteiger partial charge in [-0.3, -0.25) is 9.48 Å². The number of hydrogen-bond donors (Lipinski definition) is 2. The lowest BCUT2D eigenvalue weighted by molar-refractivity contribution is -0.392. The number of aromatic nitrogens is 9. The average molecular weight is 708 g/mol. The predicted octanol–water partition coefficient (Wildman–Crippen LogP) is 2.19. The van der Waals surface area contributed by atoms with Crippen LogP contribution in [-0.4, -0.2) is 122 Å². The fourth-order valence-corrected chi connectivity index (χ4v) is 4.76. The third-order valence-corrected chi connectivity index (χ3v) is 7.60. The fraction of sp³-hybridized carbons (Fsp3) is 0.621. The van der Waals surface area contributed by atoms with Crippen molar-refractivity contribution in [2.75, 3.05) is 66.5 Å². The third-order valence-electron chi connectivity index (χ3n) is 6.43. The van der Waals surface area contributed by atoms with E-state index in [4.69, 9.17) is 23.7 Å². The summed E-state index contributed by atoms with van der Waals surface area (Å²) in [6.07, 6.45) is 7.64. The van der Waals surface area contributed by atoms with E-state index < -0.39 is 4.92 Å². The lowest BCUT2D eigenvalue weighted by Gasteiger charge is -2.07. The Bertz CT molecular complexity index is 1530. The van der Waals surface area contributed by atoms with E-state index in [0.29, 0.717) is 99.6 Å². The van der Waals surface area contributed by atoms with Gasteiger partial charge in [0.15, 0.2) is 10.7 Å². The number of nitrogens with zero attached hydrogens (tertiary/aromatic N) is 9. The zero-order valence-electron chi connectivity index (χ0n) is 28.3. The first kappa shape index (κ1) is 39.4. The Balaban J connectivity index is 0.000000291. The number of nitrogens with one attached hydrogen (secondary N) is 2. The number of nitro groups is 1. The molecule has 19 nitrogen and oxygen atoms in total. The number of aromatic amines is 1. The third kappa shape index (κ3) is 14.9.